The fraction of sp³-hybridized carbons (Fsp3) is 0.143. The maximum atomic E-state index is 12.1. The predicted molar refractivity (Wildman–Crippen MR) is 71.8 cm³/mol. The zero-order valence-corrected chi connectivity index (χ0v) is 10.8. The number of aromatic nitrogens is 2. The molecule has 1 N–H and O–H groups in total. The SMILES string of the molecule is CN(Cc1ccc(C#N)cc1)C(=O)c1ccc(=O)[nH]n1. The minimum Gasteiger partial charge on any atom is -0.336 e. The molecular weight excluding hydrogens is 256 g/mol. The second-order valence-electron chi connectivity index (χ2n) is 4.28. The monoisotopic (exact) mass is 268 g/mol. The van der Waals surface area contributed by atoms with Gasteiger partial charge in [-0.1, -0.05) is 12.1 Å². The van der Waals surface area contributed by atoms with Crippen molar-refractivity contribution in [3.8, 4) is 6.07 Å². The van der Waals surface area contributed by atoms with Gasteiger partial charge in [-0.2, -0.15) is 10.4 Å². The van der Waals surface area contributed by atoms with Crippen LogP contribution in [0.2, 0.25) is 0 Å². The van der Waals surface area contributed by atoms with Gasteiger partial charge in [0.25, 0.3) is 11.5 Å². The number of nitrogens with zero attached hydrogens (tertiary/aromatic N) is 3. The molecule has 100 valence electrons. The van der Waals surface area contributed by atoms with Crippen LogP contribution in [0.25, 0.3) is 0 Å². The summed E-state index contributed by atoms with van der Waals surface area (Å²) in [5.74, 6) is -0.286. The van der Waals surface area contributed by atoms with Crippen LogP contribution < -0.4 is 5.56 Å². The van der Waals surface area contributed by atoms with Crippen molar-refractivity contribution >= 4 is 5.91 Å². The summed E-state index contributed by atoms with van der Waals surface area (Å²) in [6, 6.07) is 11.7. The number of hydrogen-bond donors (Lipinski definition) is 1. The molecule has 2 aromatic rings. The van der Waals surface area contributed by atoms with E-state index in [1.807, 2.05) is 6.07 Å². The van der Waals surface area contributed by atoms with Gasteiger partial charge in [-0.3, -0.25) is 9.59 Å². The lowest BCUT2D eigenvalue weighted by molar-refractivity contribution is 0.0778. The largest absolute Gasteiger partial charge is 0.336 e. The molecule has 0 aliphatic carbocycles. The van der Waals surface area contributed by atoms with E-state index in [1.165, 1.54) is 17.0 Å². The molecule has 1 aromatic heterocycles. The number of hydrogen-bond acceptors (Lipinski definition) is 4. The van der Waals surface area contributed by atoms with E-state index in [0.717, 1.165) is 5.56 Å². The molecule has 1 heterocycles. The molecule has 0 saturated carbocycles. The smallest absolute Gasteiger partial charge is 0.274 e. The number of H-pyrrole nitrogens is 1. The molecule has 0 fully saturated rings. The van der Waals surface area contributed by atoms with Crippen LogP contribution in [0.3, 0.4) is 0 Å². The molecule has 2 rings (SSSR count). The lowest BCUT2D eigenvalue weighted by atomic mass is 10.1. The van der Waals surface area contributed by atoms with Gasteiger partial charge in [0.05, 0.1) is 11.6 Å². The minimum atomic E-state index is -0.351. The lowest BCUT2D eigenvalue weighted by Crippen LogP contribution is -2.28. The highest BCUT2D eigenvalue weighted by molar-refractivity contribution is 5.91. The van der Waals surface area contributed by atoms with E-state index in [2.05, 4.69) is 10.2 Å². The van der Waals surface area contributed by atoms with Gasteiger partial charge in [-0.25, -0.2) is 5.10 Å². The minimum absolute atomic E-state index is 0.181. The normalized spacial score (nSPS) is 9.80. The Morgan fingerprint density at radius 1 is 1.30 bits per heavy atom. The molecule has 0 aliphatic heterocycles. The molecule has 0 saturated heterocycles. The first-order valence-electron chi connectivity index (χ1n) is 5.90. The average Bonchev–Trinajstić information content (AvgIpc) is 2.48. The zero-order chi connectivity index (χ0) is 14.5. The maximum absolute atomic E-state index is 12.1. The summed E-state index contributed by atoms with van der Waals surface area (Å²) >= 11 is 0. The summed E-state index contributed by atoms with van der Waals surface area (Å²) in [6.07, 6.45) is 0. The van der Waals surface area contributed by atoms with Crippen molar-refractivity contribution in [1.82, 2.24) is 15.1 Å². The van der Waals surface area contributed by atoms with Crippen molar-refractivity contribution in [3.05, 3.63) is 63.6 Å². The Morgan fingerprint density at radius 3 is 2.55 bits per heavy atom. The van der Waals surface area contributed by atoms with Gasteiger partial charge < -0.3 is 4.90 Å². The van der Waals surface area contributed by atoms with E-state index in [4.69, 9.17) is 5.26 Å². The first kappa shape index (κ1) is 13.5. The van der Waals surface area contributed by atoms with Crippen molar-refractivity contribution in [2.75, 3.05) is 7.05 Å². The lowest BCUT2D eigenvalue weighted by Gasteiger charge is -2.16. The molecule has 1 amide bonds. The summed E-state index contributed by atoms with van der Waals surface area (Å²) in [6.45, 7) is 0.394. The van der Waals surface area contributed by atoms with Crippen LogP contribution in [-0.2, 0) is 6.54 Å². The van der Waals surface area contributed by atoms with Crippen LogP contribution in [0.15, 0.2) is 41.2 Å². The highest BCUT2D eigenvalue weighted by atomic mass is 16.2. The van der Waals surface area contributed by atoms with Gasteiger partial charge in [0.1, 0.15) is 5.69 Å². The fourth-order valence-corrected chi connectivity index (χ4v) is 1.69. The topological polar surface area (TPSA) is 89.9 Å². The van der Waals surface area contributed by atoms with E-state index >= 15 is 0 Å². The van der Waals surface area contributed by atoms with Crippen LogP contribution in [0.1, 0.15) is 21.6 Å². The van der Waals surface area contributed by atoms with Crippen LogP contribution in [0.5, 0.6) is 0 Å². The van der Waals surface area contributed by atoms with Gasteiger partial charge in [-0.15, -0.1) is 0 Å². The second-order valence-corrected chi connectivity index (χ2v) is 4.28. The Balaban J connectivity index is 2.09. The Labute approximate surface area is 115 Å². The number of benzene rings is 1. The number of carbonyl (C=O) groups excluding carboxylic acids is 1. The van der Waals surface area contributed by atoms with Crippen molar-refractivity contribution < 1.29 is 4.79 Å². The maximum Gasteiger partial charge on any atom is 0.274 e. The standard InChI is InChI=1S/C14H12N4O2/c1-18(9-11-4-2-10(8-15)3-5-11)14(20)12-6-7-13(19)17-16-12/h2-7H,9H2,1H3,(H,17,19). The molecule has 0 bridgehead atoms. The number of rotatable bonds is 3. The molecule has 6 heteroatoms. The van der Waals surface area contributed by atoms with Crippen LogP contribution in [0.4, 0.5) is 0 Å². The van der Waals surface area contributed by atoms with Crippen LogP contribution >= 0.6 is 0 Å². The van der Waals surface area contributed by atoms with Gasteiger partial charge in [-0.05, 0) is 23.8 Å². The summed E-state index contributed by atoms with van der Waals surface area (Å²) in [4.78, 5) is 24.5. The molecule has 20 heavy (non-hydrogen) atoms. The molecule has 0 unspecified atom stereocenters. The molecule has 0 spiro atoms. The number of aromatic amines is 1. The van der Waals surface area contributed by atoms with E-state index < -0.39 is 0 Å². The average molecular weight is 268 g/mol. The second kappa shape index (κ2) is 5.80. The Kier molecular flexibility index (Phi) is 3.91. The number of nitriles is 1. The van der Waals surface area contributed by atoms with E-state index in [1.54, 1.807) is 31.3 Å². The van der Waals surface area contributed by atoms with Gasteiger partial charge >= 0.3 is 0 Å². The summed E-state index contributed by atoms with van der Waals surface area (Å²) < 4.78 is 0. The van der Waals surface area contributed by atoms with Gasteiger partial charge in [0, 0.05) is 19.7 Å². The van der Waals surface area contributed by atoms with E-state index in [0.29, 0.717) is 12.1 Å². The predicted octanol–water partition coefficient (Wildman–Crippen LogP) is 0.914. The number of nitrogens with one attached hydrogen (secondary N) is 1. The van der Waals surface area contributed by atoms with Gasteiger partial charge in [0.2, 0.25) is 0 Å². The first-order valence-corrected chi connectivity index (χ1v) is 5.90. The Morgan fingerprint density at radius 2 is 2.00 bits per heavy atom. The molecule has 6 nitrogen and oxygen atoms in total. The third-order valence-electron chi connectivity index (χ3n) is 2.75. The molecule has 0 atom stereocenters. The van der Waals surface area contributed by atoms with Crippen LogP contribution in [-0.4, -0.2) is 28.1 Å². The highest BCUT2D eigenvalue weighted by Crippen LogP contribution is 2.07. The summed E-state index contributed by atoms with van der Waals surface area (Å²) in [5.41, 5.74) is 1.31. The first-order chi connectivity index (χ1) is 9.60. The molecular formula is C14H12N4O2. The number of amides is 1. The summed E-state index contributed by atoms with van der Waals surface area (Å²) in [7, 11) is 1.65. The summed E-state index contributed by atoms with van der Waals surface area (Å²) in [5, 5.41) is 14.6. The quantitative estimate of drug-likeness (QED) is 0.896. The highest BCUT2D eigenvalue weighted by Gasteiger charge is 2.13. The Bertz CT molecular complexity index is 693. The van der Waals surface area contributed by atoms with Crippen LogP contribution in [0, 0.1) is 11.3 Å². The molecule has 0 radical (unpaired) electrons. The van der Waals surface area contributed by atoms with Crippen molar-refractivity contribution in [1.29, 1.82) is 5.26 Å². The molecule has 1 aromatic carbocycles. The van der Waals surface area contributed by atoms with E-state index in [-0.39, 0.29) is 17.2 Å². The number of carbonyl (C=O) groups is 1. The Hall–Kier alpha value is -2.94. The third-order valence-corrected chi connectivity index (χ3v) is 2.75. The zero-order valence-electron chi connectivity index (χ0n) is 10.8. The van der Waals surface area contributed by atoms with E-state index in [9.17, 15) is 9.59 Å². The third kappa shape index (κ3) is 3.09. The van der Waals surface area contributed by atoms with Crippen molar-refractivity contribution in [3.63, 3.8) is 0 Å². The van der Waals surface area contributed by atoms with Crippen molar-refractivity contribution in [2.24, 2.45) is 0 Å². The van der Waals surface area contributed by atoms with Crippen molar-refractivity contribution in [2.45, 2.75) is 6.54 Å². The van der Waals surface area contributed by atoms with Gasteiger partial charge in [0.15, 0.2) is 0 Å². The molecule has 0 aliphatic rings. The fourth-order valence-electron chi connectivity index (χ4n) is 1.69.